The minimum Gasteiger partial charge on any atom is -0.497 e. The van der Waals surface area contributed by atoms with Gasteiger partial charge in [0, 0.05) is 33.4 Å². The molecule has 1 aliphatic rings. The van der Waals surface area contributed by atoms with Crippen molar-refractivity contribution in [3.63, 3.8) is 0 Å². The number of aliphatic imine (C=N–C) groups is 2. The zero-order valence-corrected chi connectivity index (χ0v) is 34.7. The van der Waals surface area contributed by atoms with E-state index < -0.39 is 5.79 Å². The lowest BCUT2D eigenvalue weighted by atomic mass is 10.00. The molecule has 8 nitrogen and oxygen atoms in total. The van der Waals surface area contributed by atoms with Crippen molar-refractivity contribution >= 4 is 57.8 Å². The third kappa shape index (κ3) is 6.96. The summed E-state index contributed by atoms with van der Waals surface area (Å²) in [6, 6.07) is 41.6. The highest BCUT2D eigenvalue weighted by Crippen LogP contribution is 2.50. The SMILES string of the molecule is COc1ccc(C2=NC(c3cccc(Cl)c3Cl)(n3c(-c4cccc(Cl)c4Cl)nc(-c4ccc(OC)cc4)c3-c3ccc(OC)cc3)N=C2c2ccc(OC)cc2)cc1. The third-order valence-corrected chi connectivity index (χ3v) is 11.5. The van der Waals surface area contributed by atoms with Crippen molar-refractivity contribution in [3.05, 3.63) is 170 Å². The number of ether oxygens (including phenoxy) is 4. The molecule has 290 valence electrons. The van der Waals surface area contributed by atoms with Crippen LogP contribution in [0, 0.1) is 0 Å². The largest absolute Gasteiger partial charge is 0.497 e. The van der Waals surface area contributed by atoms with Crippen molar-refractivity contribution in [3.8, 4) is 56.9 Å². The second kappa shape index (κ2) is 16.2. The van der Waals surface area contributed by atoms with E-state index in [1.165, 1.54) is 0 Å². The van der Waals surface area contributed by atoms with Crippen LogP contribution in [0.1, 0.15) is 16.7 Å². The highest BCUT2D eigenvalue weighted by atomic mass is 35.5. The van der Waals surface area contributed by atoms with Gasteiger partial charge >= 0.3 is 0 Å². The number of hydrogen-bond donors (Lipinski definition) is 0. The molecule has 1 aromatic heterocycles. The molecule has 0 amide bonds. The molecule has 0 spiro atoms. The van der Waals surface area contributed by atoms with Crippen LogP contribution in [-0.2, 0) is 5.79 Å². The van der Waals surface area contributed by atoms with Gasteiger partial charge in [0.05, 0.1) is 71.3 Å². The van der Waals surface area contributed by atoms with Crippen molar-refractivity contribution in [2.24, 2.45) is 9.98 Å². The van der Waals surface area contributed by atoms with E-state index in [-0.39, 0.29) is 5.02 Å². The van der Waals surface area contributed by atoms with E-state index in [0.29, 0.717) is 77.8 Å². The molecule has 0 saturated heterocycles. The molecular formula is C46H34Cl4N4O4. The molecule has 1 aliphatic heterocycles. The fourth-order valence-electron chi connectivity index (χ4n) is 6.99. The number of halogens is 4. The Morgan fingerprint density at radius 2 is 0.879 bits per heavy atom. The first kappa shape index (κ1) is 39.1. The highest BCUT2D eigenvalue weighted by molar-refractivity contribution is 6.54. The van der Waals surface area contributed by atoms with Crippen LogP contribution in [0.4, 0.5) is 0 Å². The summed E-state index contributed by atoms with van der Waals surface area (Å²) in [6.45, 7) is 0. The maximum absolute atomic E-state index is 7.31. The van der Waals surface area contributed by atoms with Crippen molar-refractivity contribution < 1.29 is 18.9 Å². The fraction of sp³-hybridized carbons (Fsp3) is 0.109. The summed E-state index contributed by atoms with van der Waals surface area (Å²) in [5.74, 6) is 1.46. The molecule has 7 aromatic rings. The van der Waals surface area contributed by atoms with E-state index in [1.807, 2.05) is 126 Å². The molecule has 0 radical (unpaired) electrons. The van der Waals surface area contributed by atoms with Gasteiger partial charge in [0.25, 0.3) is 5.79 Å². The number of imidazole rings is 1. The van der Waals surface area contributed by atoms with Gasteiger partial charge in [0.2, 0.25) is 0 Å². The molecule has 0 aliphatic carbocycles. The van der Waals surface area contributed by atoms with E-state index in [1.54, 1.807) is 40.6 Å². The molecule has 0 bridgehead atoms. The lowest BCUT2D eigenvalue weighted by molar-refractivity contribution is 0.408. The first-order valence-corrected chi connectivity index (χ1v) is 19.5. The van der Waals surface area contributed by atoms with E-state index in [9.17, 15) is 0 Å². The summed E-state index contributed by atoms with van der Waals surface area (Å²) in [4.78, 5) is 16.8. The van der Waals surface area contributed by atoms with Gasteiger partial charge in [-0.1, -0.05) is 64.6 Å². The van der Waals surface area contributed by atoms with E-state index in [2.05, 4.69) is 0 Å². The van der Waals surface area contributed by atoms with E-state index >= 15 is 0 Å². The van der Waals surface area contributed by atoms with Crippen LogP contribution in [-0.4, -0.2) is 49.4 Å². The van der Waals surface area contributed by atoms with Crippen LogP contribution in [0.5, 0.6) is 23.0 Å². The summed E-state index contributed by atoms with van der Waals surface area (Å²) in [7, 11) is 6.50. The first-order chi connectivity index (χ1) is 28.2. The molecule has 6 aromatic carbocycles. The molecule has 2 heterocycles. The molecule has 0 atom stereocenters. The highest BCUT2D eigenvalue weighted by Gasteiger charge is 2.47. The zero-order chi connectivity index (χ0) is 40.6. The molecule has 0 fully saturated rings. The molecule has 58 heavy (non-hydrogen) atoms. The van der Waals surface area contributed by atoms with Crippen molar-refractivity contribution in [2.45, 2.75) is 5.79 Å². The molecule has 0 N–H and O–H groups in total. The van der Waals surface area contributed by atoms with Crippen LogP contribution >= 0.6 is 46.4 Å². The first-order valence-electron chi connectivity index (χ1n) is 18.0. The summed E-state index contributed by atoms with van der Waals surface area (Å²) in [5, 5.41) is 1.21. The fourth-order valence-corrected chi connectivity index (χ4v) is 7.81. The lowest BCUT2D eigenvalue weighted by Gasteiger charge is -2.31. The second-order valence-corrected chi connectivity index (χ2v) is 14.7. The molecule has 0 unspecified atom stereocenters. The van der Waals surface area contributed by atoms with Crippen LogP contribution < -0.4 is 18.9 Å². The predicted octanol–water partition coefficient (Wildman–Crippen LogP) is 12.2. The Morgan fingerprint density at radius 3 is 1.34 bits per heavy atom. The van der Waals surface area contributed by atoms with Gasteiger partial charge in [0.1, 0.15) is 28.8 Å². The standard InChI is InChI=1S/C46H34Cl4N4O4/c1-55-31-19-11-27(12-20-31)41-42(28-13-21-32(56-2)22-14-28)53-46(52-41,36-8-6-10-38(48)40(36)50)54-44(30-17-25-34(58-4)26-18-30)43(29-15-23-33(57-3)24-16-29)51-45(54)35-7-5-9-37(47)39(35)49/h5-26H,1-4H3. The minimum absolute atomic E-state index is 0.255. The van der Waals surface area contributed by atoms with Crippen LogP contribution in [0.25, 0.3) is 33.9 Å². The number of aromatic nitrogens is 2. The summed E-state index contributed by atoms with van der Waals surface area (Å²) in [5.41, 5.74) is 6.54. The van der Waals surface area contributed by atoms with Gasteiger partial charge in [0.15, 0.2) is 0 Å². The normalized spacial score (nSPS) is 13.2. The van der Waals surface area contributed by atoms with Gasteiger partial charge in [-0.3, -0.25) is 4.57 Å². The van der Waals surface area contributed by atoms with Gasteiger partial charge < -0.3 is 18.9 Å². The van der Waals surface area contributed by atoms with Gasteiger partial charge in [-0.2, -0.15) is 0 Å². The predicted molar refractivity (Wildman–Crippen MR) is 234 cm³/mol. The van der Waals surface area contributed by atoms with Gasteiger partial charge in [-0.25, -0.2) is 15.0 Å². The summed E-state index contributed by atoms with van der Waals surface area (Å²) >= 11 is 28.1. The zero-order valence-electron chi connectivity index (χ0n) is 31.6. The van der Waals surface area contributed by atoms with Gasteiger partial charge in [-0.05, 0) is 115 Å². The quantitative estimate of drug-likeness (QED) is 0.130. The number of rotatable bonds is 11. The Kier molecular flexibility index (Phi) is 10.9. The number of hydrogen-bond acceptors (Lipinski definition) is 7. The van der Waals surface area contributed by atoms with E-state index in [0.717, 1.165) is 22.3 Å². The van der Waals surface area contributed by atoms with Crippen LogP contribution in [0.2, 0.25) is 20.1 Å². The summed E-state index contributed by atoms with van der Waals surface area (Å²) in [6.07, 6.45) is 0. The number of nitrogens with zero attached hydrogens (tertiary/aromatic N) is 4. The third-order valence-electron chi connectivity index (χ3n) is 9.91. The van der Waals surface area contributed by atoms with Crippen molar-refractivity contribution in [1.29, 1.82) is 0 Å². The van der Waals surface area contributed by atoms with Crippen LogP contribution in [0.3, 0.4) is 0 Å². The average molecular weight is 849 g/mol. The minimum atomic E-state index is -1.69. The lowest BCUT2D eigenvalue weighted by Crippen LogP contribution is -2.32. The van der Waals surface area contributed by atoms with E-state index in [4.69, 9.17) is 80.3 Å². The average Bonchev–Trinajstić information content (AvgIpc) is 3.87. The smallest absolute Gasteiger partial charge is 0.263 e. The Hall–Kier alpha value is -5.77. The Labute approximate surface area is 355 Å². The maximum Gasteiger partial charge on any atom is 0.263 e. The molecular weight excluding hydrogens is 814 g/mol. The topological polar surface area (TPSA) is 79.5 Å². The van der Waals surface area contributed by atoms with Crippen molar-refractivity contribution in [2.75, 3.05) is 28.4 Å². The Bertz CT molecular complexity index is 2630. The Balaban J connectivity index is 1.58. The number of methoxy groups -OCH3 is 4. The molecule has 0 saturated carbocycles. The monoisotopic (exact) mass is 846 g/mol. The molecule has 12 heteroatoms. The second-order valence-electron chi connectivity index (χ2n) is 13.1. The van der Waals surface area contributed by atoms with Crippen molar-refractivity contribution in [1.82, 2.24) is 9.55 Å². The van der Waals surface area contributed by atoms with Gasteiger partial charge in [-0.15, -0.1) is 0 Å². The summed E-state index contributed by atoms with van der Waals surface area (Å²) < 4.78 is 24.2. The Morgan fingerprint density at radius 1 is 0.466 bits per heavy atom. The maximum atomic E-state index is 7.31. The van der Waals surface area contributed by atoms with Crippen LogP contribution in [0.15, 0.2) is 143 Å². The molecule has 8 rings (SSSR count). The number of benzene rings is 6.